The van der Waals surface area contributed by atoms with Crippen LogP contribution in [0, 0.1) is 0 Å². The average molecular weight is 406 g/mol. The molecule has 1 saturated heterocycles. The van der Waals surface area contributed by atoms with Gasteiger partial charge in [-0.15, -0.1) is 0 Å². The van der Waals surface area contributed by atoms with Gasteiger partial charge in [-0.2, -0.15) is 0 Å². The number of aromatic nitrogens is 1. The van der Waals surface area contributed by atoms with Crippen LogP contribution in [0.3, 0.4) is 0 Å². The predicted molar refractivity (Wildman–Crippen MR) is 115 cm³/mol. The van der Waals surface area contributed by atoms with E-state index in [-0.39, 0.29) is 11.8 Å². The van der Waals surface area contributed by atoms with Crippen molar-refractivity contribution in [1.82, 2.24) is 20.1 Å². The van der Waals surface area contributed by atoms with Gasteiger partial charge in [-0.05, 0) is 29.8 Å². The largest absolute Gasteiger partial charge is 0.497 e. The van der Waals surface area contributed by atoms with E-state index in [0.717, 1.165) is 22.2 Å². The molecule has 1 aliphatic heterocycles. The fourth-order valence-corrected chi connectivity index (χ4v) is 3.67. The molecule has 7 nitrogen and oxygen atoms in total. The molecule has 3 aromatic rings. The molecule has 7 heteroatoms. The number of aromatic amines is 1. The number of carbonyl (C=O) groups is 2. The van der Waals surface area contributed by atoms with Crippen LogP contribution in [0.25, 0.3) is 10.9 Å². The Morgan fingerprint density at radius 1 is 1.03 bits per heavy atom. The quantitative estimate of drug-likeness (QED) is 0.658. The van der Waals surface area contributed by atoms with Crippen molar-refractivity contribution in [2.45, 2.75) is 6.54 Å². The van der Waals surface area contributed by atoms with Gasteiger partial charge >= 0.3 is 0 Å². The number of nitrogens with zero attached hydrogens (tertiary/aromatic N) is 2. The molecule has 0 atom stereocenters. The monoisotopic (exact) mass is 406 g/mol. The molecule has 30 heavy (non-hydrogen) atoms. The summed E-state index contributed by atoms with van der Waals surface area (Å²) in [5, 5.41) is 3.99. The SMILES string of the molecule is COc1ccc(CNC(=O)CN2CCN(C(=O)c3cc4ccccc4[nH]3)CC2)cc1. The maximum atomic E-state index is 12.8. The number of methoxy groups -OCH3 is 1. The minimum absolute atomic E-state index is 0.00908. The highest BCUT2D eigenvalue weighted by molar-refractivity contribution is 5.98. The number of para-hydroxylation sites is 1. The second-order valence-corrected chi connectivity index (χ2v) is 7.46. The first kappa shape index (κ1) is 20.0. The molecule has 1 aliphatic rings. The summed E-state index contributed by atoms with van der Waals surface area (Å²) in [6.07, 6.45) is 0. The third kappa shape index (κ3) is 4.63. The smallest absolute Gasteiger partial charge is 0.270 e. The Labute approximate surface area is 175 Å². The van der Waals surface area contributed by atoms with Crippen LogP contribution in [0.4, 0.5) is 0 Å². The van der Waals surface area contributed by atoms with Gasteiger partial charge in [-0.25, -0.2) is 0 Å². The zero-order valence-electron chi connectivity index (χ0n) is 17.1. The highest BCUT2D eigenvalue weighted by atomic mass is 16.5. The van der Waals surface area contributed by atoms with Crippen LogP contribution in [0.1, 0.15) is 16.1 Å². The Morgan fingerprint density at radius 2 is 1.77 bits per heavy atom. The van der Waals surface area contributed by atoms with Crippen molar-refractivity contribution in [1.29, 1.82) is 0 Å². The average Bonchev–Trinajstić information content (AvgIpc) is 3.22. The lowest BCUT2D eigenvalue weighted by molar-refractivity contribution is -0.122. The van der Waals surface area contributed by atoms with Gasteiger partial charge in [0.15, 0.2) is 0 Å². The molecule has 2 amide bonds. The predicted octanol–water partition coefficient (Wildman–Crippen LogP) is 2.25. The second-order valence-electron chi connectivity index (χ2n) is 7.46. The molecular weight excluding hydrogens is 380 g/mol. The second kappa shape index (κ2) is 9.00. The number of benzene rings is 2. The molecule has 0 radical (unpaired) electrons. The lowest BCUT2D eigenvalue weighted by Crippen LogP contribution is -2.51. The Hall–Kier alpha value is -3.32. The highest BCUT2D eigenvalue weighted by Crippen LogP contribution is 2.17. The maximum absolute atomic E-state index is 12.8. The van der Waals surface area contributed by atoms with Crippen LogP contribution in [0.5, 0.6) is 5.75 Å². The Kier molecular flexibility index (Phi) is 5.99. The lowest BCUT2D eigenvalue weighted by atomic mass is 10.2. The van der Waals surface area contributed by atoms with Crippen LogP contribution < -0.4 is 10.1 Å². The summed E-state index contributed by atoms with van der Waals surface area (Å²) in [6, 6.07) is 17.4. The fraction of sp³-hybridized carbons (Fsp3) is 0.304. The van der Waals surface area contributed by atoms with Gasteiger partial charge in [0.05, 0.1) is 13.7 Å². The van der Waals surface area contributed by atoms with Gasteiger partial charge in [-0.1, -0.05) is 30.3 Å². The van der Waals surface area contributed by atoms with Crippen LogP contribution in [0.2, 0.25) is 0 Å². The third-order valence-electron chi connectivity index (χ3n) is 5.44. The van der Waals surface area contributed by atoms with Gasteiger partial charge in [0.2, 0.25) is 5.91 Å². The van der Waals surface area contributed by atoms with E-state index in [0.29, 0.717) is 45.0 Å². The van der Waals surface area contributed by atoms with E-state index < -0.39 is 0 Å². The number of rotatable bonds is 6. The summed E-state index contributed by atoms with van der Waals surface area (Å²) in [4.78, 5) is 32.2. The summed E-state index contributed by atoms with van der Waals surface area (Å²) in [5.41, 5.74) is 2.60. The van der Waals surface area contributed by atoms with Crippen molar-refractivity contribution >= 4 is 22.7 Å². The summed E-state index contributed by atoms with van der Waals surface area (Å²) in [6.45, 7) is 3.41. The molecule has 4 rings (SSSR count). The molecule has 2 N–H and O–H groups in total. The zero-order chi connectivity index (χ0) is 20.9. The van der Waals surface area contributed by atoms with E-state index in [9.17, 15) is 9.59 Å². The van der Waals surface area contributed by atoms with Crippen LogP contribution >= 0.6 is 0 Å². The molecule has 1 fully saturated rings. The number of amides is 2. The number of carbonyl (C=O) groups excluding carboxylic acids is 2. The van der Waals surface area contributed by atoms with E-state index in [1.807, 2.05) is 59.5 Å². The zero-order valence-corrected chi connectivity index (χ0v) is 17.1. The first-order chi connectivity index (χ1) is 14.6. The first-order valence-corrected chi connectivity index (χ1v) is 10.1. The number of piperazine rings is 1. The standard InChI is InChI=1S/C23H26N4O3/c1-30-19-8-6-17(7-9-19)15-24-22(28)16-26-10-12-27(13-11-26)23(29)21-14-18-4-2-3-5-20(18)25-21/h2-9,14,25H,10-13,15-16H2,1H3,(H,24,28). The summed E-state index contributed by atoms with van der Waals surface area (Å²) >= 11 is 0. The van der Waals surface area contributed by atoms with E-state index >= 15 is 0 Å². The minimum atomic E-state index is -0.0128. The van der Waals surface area contributed by atoms with Crippen LogP contribution in [-0.2, 0) is 11.3 Å². The van der Waals surface area contributed by atoms with Crippen molar-refractivity contribution in [3.63, 3.8) is 0 Å². The molecule has 0 aliphatic carbocycles. The maximum Gasteiger partial charge on any atom is 0.270 e. The van der Waals surface area contributed by atoms with Crippen molar-refractivity contribution in [3.05, 3.63) is 65.9 Å². The molecule has 0 bridgehead atoms. The van der Waals surface area contributed by atoms with E-state index in [1.54, 1.807) is 7.11 Å². The fourth-order valence-electron chi connectivity index (χ4n) is 3.67. The molecule has 2 heterocycles. The molecule has 0 spiro atoms. The first-order valence-electron chi connectivity index (χ1n) is 10.1. The van der Waals surface area contributed by atoms with Gasteiger partial charge in [0.1, 0.15) is 11.4 Å². The van der Waals surface area contributed by atoms with Crippen molar-refractivity contribution in [3.8, 4) is 5.75 Å². The number of nitrogens with one attached hydrogen (secondary N) is 2. The summed E-state index contributed by atoms with van der Waals surface area (Å²) in [7, 11) is 1.63. The summed E-state index contributed by atoms with van der Waals surface area (Å²) < 4.78 is 5.14. The highest BCUT2D eigenvalue weighted by Gasteiger charge is 2.24. The number of hydrogen-bond acceptors (Lipinski definition) is 4. The van der Waals surface area contributed by atoms with Gasteiger partial charge < -0.3 is 19.9 Å². The molecular formula is C23H26N4O3. The number of hydrogen-bond donors (Lipinski definition) is 2. The van der Waals surface area contributed by atoms with E-state index in [4.69, 9.17) is 4.74 Å². The van der Waals surface area contributed by atoms with Crippen molar-refractivity contribution in [2.24, 2.45) is 0 Å². The van der Waals surface area contributed by atoms with Crippen molar-refractivity contribution in [2.75, 3.05) is 39.8 Å². The number of fused-ring (bicyclic) bond motifs is 1. The number of ether oxygens (including phenoxy) is 1. The summed E-state index contributed by atoms with van der Waals surface area (Å²) in [5.74, 6) is 0.793. The van der Waals surface area contributed by atoms with E-state index in [1.165, 1.54) is 0 Å². The number of H-pyrrole nitrogens is 1. The molecule has 0 unspecified atom stereocenters. The van der Waals surface area contributed by atoms with Gasteiger partial charge in [0.25, 0.3) is 5.91 Å². The van der Waals surface area contributed by atoms with Crippen molar-refractivity contribution < 1.29 is 14.3 Å². The Bertz CT molecular complexity index is 987. The molecule has 2 aromatic carbocycles. The van der Waals surface area contributed by atoms with Crippen LogP contribution in [0.15, 0.2) is 54.6 Å². The van der Waals surface area contributed by atoms with Gasteiger partial charge in [0, 0.05) is 43.6 Å². The molecule has 1 aromatic heterocycles. The Balaban J connectivity index is 1.23. The van der Waals surface area contributed by atoms with E-state index in [2.05, 4.69) is 15.2 Å². The normalized spacial score (nSPS) is 14.6. The minimum Gasteiger partial charge on any atom is -0.497 e. The molecule has 156 valence electrons. The third-order valence-corrected chi connectivity index (χ3v) is 5.44. The van der Waals surface area contributed by atoms with Crippen LogP contribution in [-0.4, -0.2) is 66.4 Å². The lowest BCUT2D eigenvalue weighted by Gasteiger charge is -2.34. The molecule has 0 saturated carbocycles. The Morgan fingerprint density at radius 3 is 2.47 bits per heavy atom. The van der Waals surface area contributed by atoms with Gasteiger partial charge in [-0.3, -0.25) is 14.5 Å². The topological polar surface area (TPSA) is 77.7 Å².